The van der Waals surface area contributed by atoms with Gasteiger partial charge >= 0.3 is 5.97 Å². The number of carbonyl (C=O) groups excluding carboxylic acids is 1. The molecule has 0 saturated carbocycles. The first kappa shape index (κ1) is 9.68. The SMILES string of the molecule is Cc1ccc(C(=O)OO)c2ccccc12. The summed E-state index contributed by atoms with van der Waals surface area (Å²) in [4.78, 5) is 15.0. The molecule has 0 fully saturated rings. The van der Waals surface area contributed by atoms with Crippen molar-refractivity contribution >= 4 is 16.7 Å². The zero-order valence-electron chi connectivity index (χ0n) is 8.23. The van der Waals surface area contributed by atoms with E-state index in [0.29, 0.717) is 5.56 Å². The third-order valence-corrected chi connectivity index (χ3v) is 2.44. The lowest BCUT2D eigenvalue weighted by Gasteiger charge is -2.05. The number of hydrogen-bond acceptors (Lipinski definition) is 3. The van der Waals surface area contributed by atoms with E-state index in [-0.39, 0.29) is 0 Å². The molecule has 0 heterocycles. The summed E-state index contributed by atoms with van der Waals surface area (Å²) in [6.45, 7) is 1.97. The fourth-order valence-electron chi connectivity index (χ4n) is 1.68. The first-order valence-electron chi connectivity index (χ1n) is 4.58. The van der Waals surface area contributed by atoms with E-state index in [1.54, 1.807) is 6.07 Å². The van der Waals surface area contributed by atoms with Gasteiger partial charge in [0, 0.05) is 0 Å². The van der Waals surface area contributed by atoms with Crippen LogP contribution in [0, 0.1) is 6.92 Å². The van der Waals surface area contributed by atoms with Crippen LogP contribution in [0.3, 0.4) is 0 Å². The molecule has 0 aromatic heterocycles. The number of hydrogen-bond donors (Lipinski definition) is 1. The topological polar surface area (TPSA) is 46.5 Å². The van der Waals surface area contributed by atoms with E-state index in [4.69, 9.17) is 5.26 Å². The van der Waals surface area contributed by atoms with Crippen LogP contribution >= 0.6 is 0 Å². The fourth-order valence-corrected chi connectivity index (χ4v) is 1.68. The van der Waals surface area contributed by atoms with E-state index >= 15 is 0 Å². The second-order valence-electron chi connectivity index (χ2n) is 3.35. The highest BCUT2D eigenvalue weighted by Gasteiger charge is 2.11. The number of rotatable bonds is 1. The summed E-state index contributed by atoms with van der Waals surface area (Å²) < 4.78 is 0. The van der Waals surface area contributed by atoms with Gasteiger partial charge < -0.3 is 0 Å². The third kappa shape index (κ3) is 1.57. The molecule has 2 rings (SSSR count). The maximum absolute atomic E-state index is 11.3. The molecule has 1 N–H and O–H groups in total. The fraction of sp³-hybridized carbons (Fsp3) is 0.0833. The Labute approximate surface area is 86.8 Å². The van der Waals surface area contributed by atoms with Crippen LogP contribution in [0.5, 0.6) is 0 Å². The quantitative estimate of drug-likeness (QED) is 0.571. The predicted octanol–water partition coefficient (Wildman–Crippen LogP) is 2.78. The van der Waals surface area contributed by atoms with Crippen LogP contribution in [0.25, 0.3) is 10.8 Å². The number of carbonyl (C=O) groups is 1. The summed E-state index contributed by atoms with van der Waals surface area (Å²) in [5, 5.41) is 10.1. The van der Waals surface area contributed by atoms with Crippen molar-refractivity contribution < 1.29 is 14.9 Å². The molecule has 3 nitrogen and oxygen atoms in total. The number of aryl methyl sites for hydroxylation is 1. The van der Waals surface area contributed by atoms with Gasteiger partial charge in [-0.1, -0.05) is 30.3 Å². The van der Waals surface area contributed by atoms with Crippen molar-refractivity contribution in [3.8, 4) is 0 Å². The molecule has 15 heavy (non-hydrogen) atoms. The van der Waals surface area contributed by atoms with Gasteiger partial charge in [0.25, 0.3) is 0 Å². The third-order valence-electron chi connectivity index (χ3n) is 2.44. The van der Waals surface area contributed by atoms with Gasteiger partial charge in [-0.2, -0.15) is 5.26 Å². The minimum absolute atomic E-state index is 0.374. The van der Waals surface area contributed by atoms with Gasteiger partial charge in [-0.3, -0.25) is 4.89 Å². The molecule has 3 heteroatoms. The molecule has 0 aliphatic heterocycles. The predicted molar refractivity (Wildman–Crippen MR) is 56.7 cm³/mol. The first-order valence-corrected chi connectivity index (χ1v) is 4.58. The Bertz CT molecular complexity index is 517. The van der Waals surface area contributed by atoms with E-state index in [1.165, 1.54) is 0 Å². The molecule has 0 aliphatic carbocycles. The van der Waals surface area contributed by atoms with Crippen LogP contribution in [-0.2, 0) is 4.89 Å². The van der Waals surface area contributed by atoms with Crippen molar-refractivity contribution in [3.63, 3.8) is 0 Å². The van der Waals surface area contributed by atoms with Gasteiger partial charge in [-0.05, 0) is 29.3 Å². The summed E-state index contributed by atoms with van der Waals surface area (Å²) in [6.07, 6.45) is 0. The molecular formula is C12H10O3. The van der Waals surface area contributed by atoms with E-state index < -0.39 is 5.97 Å². The molecule has 0 saturated heterocycles. The lowest BCUT2D eigenvalue weighted by Crippen LogP contribution is -2.02. The maximum Gasteiger partial charge on any atom is 0.373 e. The highest BCUT2D eigenvalue weighted by molar-refractivity contribution is 6.05. The Morgan fingerprint density at radius 3 is 2.47 bits per heavy atom. The summed E-state index contributed by atoms with van der Waals surface area (Å²) in [5.41, 5.74) is 1.46. The minimum Gasteiger partial charge on any atom is -0.295 e. The van der Waals surface area contributed by atoms with Crippen LogP contribution < -0.4 is 0 Å². The smallest absolute Gasteiger partial charge is 0.295 e. The van der Waals surface area contributed by atoms with E-state index in [1.807, 2.05) is 37.3 Å². The molecule has 0 amide bonds. The van der Waals surface area contributed by atoms with Crippen LogP contribution in [0.1, 0.15) is 15.9 Å². The second kappa shape index (κ2) is 3.71. The lowest BCUT2D eigenvalue weighted by molar-refractivity contribution is -0.182. The summed E-state index contributed by atoms with van der Waals surface area (Å²) in [6, 6.07) is 11.0. The van der Waals surface area contributed by atoms with Crippen molar-refractivity contribution in [1.29, 1.82) is 0 Å². The summed E-state index contributed by atoms with van der Waals surface area (Å²) in [5.74, 6) is -0.730. The maximum atomic E-state index is 11.3. The van der Waals surface area contributed by atoms with Gasteiger partial charge in [0.15, 0.2) is 0 Å². The van der Waals surface area contributed by atoms with Gasteiger partial charge in [0.2, 0.25) is 0 Å². The number of benzene rings is 2. The van der Waals surface area contributed by atoms with Gasteiger partial charge in [0.1, 0.15) is 0 Å². The van der Waals surface area contributed by atoms with Crippen LogP contribution in [0.2, 0.25) is 0 Å². The lowest BCUT2D eigenvalue weighted by atomic mass is 10.0. The molecule has 76 valence electrons. The highest BCUT2D eigenvalue weighted by Crippen LogP contribution is 2.22. The molecule has 2 aromatic rings. The molecule has 0 atom stereocenters. The second-order valence-corrected chi connectivity index (χ2v) is 3.35. The Morgan fingerprint density at radius 2 is 1.80 bits per heavy atom. The van der Waals surface area contributed by atoms with Crippen LogP contribution in [0.4, 0.5) is 0 Å². The Hall–Kier alpha value is -1.87. The van der Waals surface area contributed by atoms with Crippen molar-refractivity contribution in [3.05, 3.63) is 47.5 Å². The standard InChI is InChI=1S/C12H10O3/c1-8-6-7-11(12(13)15-14)10-5-3-2-4-9(8)10/h2-7,14H,1H3. The monoisotopic (exact) mass is 202 g/mol. The zero-order valence-corrected chi connectivity index (χ0v) is 8.23. The molecule has 2 aromatic carbocycles. The van der Waals surface area contributed by atoms with Gasteiger partial charge in [-0.15, -0.1) is 0 Å². The number of fused-ring (bicyclic) bond motifs is 1. The summed E-state index contributed by atoms with van der Waals surface area (Å²) in [7, 11) is 0. The molecule has 0 unspecified atom stereocenters. The molecule has 0 radical (unpaired) electrons. The van der Waals surface area contributed by atoms with Gasteiger partial charge in [-0.25, -0.2) is 4.79 Å². The molecule has 0 spiro atoms. The van der Waals surface area contributed by atoms with Crippen molar-refractivity contribution in [2.75, 3.05) is 0 Å². The van der Waals surface area contributed by atoms with Crippen LogP contribution in [0.15, 0.2) is 36.4 Å². The average Bonchev–Trinajstić information content (AvgIpc) is 2.29. The molecule has 0 bridgehead atoms. The minimum atomic E-state index is -0.730. The van der Waals surface area contributed by atoms with Crippen LogP contribution in [-0.4, -0.2) is 11.2 Å². The normalized spacial score (nSPS) is 10.3. The Kier molecular flexibility index (Phi) is 2.39. The van der Waals surface area contributed by atoms with E-state index in [9.17, 15) is 4.79 Å². The van der Waals surface area contributed by atoms with Crippen molar-refractivity contribution in [2.24, 2.45) is 0 Å². The average molecular weight is 202 g/mol. The first-order chi connectivity index (χ1) is 7.24. The van der Waals surface area contributed by atoms with Gasteiger partial charge in [0.05, 0.1) is 5.56 Å². The van der Waals surface area contributed by atoms with E-state index in [2.05, 4.69) is 4.89 Å². The van der Waals surface area contributed by atoms with Crippen molar-refractivity contribution in [1.82, 2.24) is 0 Å². The Morgan fingerprint density at radius 1 is 1.13 bits per heavy atom. The largest absolute Gasteiger partial charge is 0.373 e. The van der Waals surface area contributed by atoms with Crippen molar-refractivity contribution in [2.45, 2.75) is 6.92 Å². The Balaban J connectivity index is 2.77. The highest BCUT2D eigenvalue weighted by atomic mass is 17.1. The summed E-state index contributed by atoms with van der Waals surface area (Å²) >= 11 is 0. The molecular weight excluding hydrogens is 192 g/mol. The van der Waals surface area contributed by atoms with E-state index in [0.717, 1.165) is 16.3 Å². The molecule has 0 aliphatic rings. The zero-order chi connectivity index (χ0) is 10.8.